The van der Waals surface area contributed by atoms with Gasteiger partial charge in [0.25, 0.3) is 0 Å². The first-order valence-corrected chi connectivity index (χ1v) is 11.0. The van der Waals surface area contributed by atoms with E-state index in [2.05, 4.69) is 17.4 Å². The molecule has 1 amide bonds. The van der Waals surface area contributed by atoms with Gasteiger partial charge in [0.05, 0.1) is 0 Å². The highest BCUT2D eigenvalue weighted by Gasteiger charge is 2.31. The van der Waals surface area contributed by atoms with Crippen molar-refractivity contribution in [3.63, 3.8) is 0 Å². The Labute approximate surface area is 185 Å². The lowest BCUT2D eigenvalue weighted by molar-refractivity contribution is -0.139. The van der Waals surface area contributed by atoms with Crippen molar-refractivity contribution in [1.29, 1.82) is 0 Å². The summed E-state index contributed by atoms with van der Waals surface area (Å²) in [7, 11) is 0. The van der Waals surface area contributed by atoms with E-state index in [1.54, 1.807) is 6.92 Å². The maximum atomic E-state index is 12.5. The van der Waals surface area contributed by atoms with Crippen molar-refractivity contribution in [3.8, 4) is 11.1 Å². The first kappa shape index (κ1) is 21.0. The van der Waals surface area contributed by atoms with Gasteiger partial charge >= 0.3 is 12.1 Å². The SMILES string of the molecule is C[C@@H](Sc1ccccc1)[C@H](NC(=O)OCC1c2ccccc2-c2ccccc21)C(=O)O. The lowest BCUT2D eigenvalue weighted by Crippen LogP contribution is -2.47. The molecular formula is C25H23NO4S. The fraction of sp³-hybridized carbons (Fsp3) is 0.200. The van der Waals surface area contributed by atoms with Gasteiger partial charge in [0.2, 0.25) is 0 Å². The Kier molecular flexibility index (Phi) is 6.28. The number of hydrogen-bond acceptors (Lipinski definition) is 4. The van der Waals surface area contributed by atoms with Gasteiger partial charge in [0, 0.05) is 16.1 Å². The molecule has 0 bridgehead atoms. The number of carboxylic acid groups (broad SMARTS) is 1. The molecule has 0 aromatic heterocycles. The molecule has 2 atom stereocenters. The second-order valence-corrected chi connectivity index (χ2v) is 8.87. The molecule has 3 aromatic rings. The summed E-state index contributed by atoms with van der Waals surface area (Å²) in [6, 6.07) is 24.6. The number of carbonyl (C=O) groups excluding carboxylic acids is 1. The number of rotatable bonds is 7. The van der Waals surface area contributed by atoms with Crippen molar-refractivity contribution in [1.82, 2.24) is 5.32 Å². The molecule has 5 nitrogen and oxygen atoms in total. The molecule has 1 aliphatic carbocycles. The van der Waals surface area contributed by atoms with Crippen LogP contribution in [-0.4, -0.2) is 35.1 Å². The third-order valence-corrected chi connectivity index (χ3v) is 6.61. The number of thioether (sulfide) groups is 1. The minimum Gasteiger partial charge on any atom is -0.480 e. The first-order valence-electron chi connectivity index (χ1n) is 10.1. The minimum atomic E-state index is -1.09. The van der Waals surface area contributed by atoms with Crippen LogP contribution in [-0.2, 0) is 9.53 Å². The predicted octanol–water partition coefficient (Wildman–Crippen LogP) is 5.16. The van der Waals surface area contributed by atoms with E-state index in [-0.39, 0.29) is 17.8 Å². The number of amides is 1. The van der Waals surface area contributed by atoms with Crippen LogP contribution in [0.25, 0.3) is 11.1 Å². The van der Waals surface area contributed by atoms with E-state index in [4.69, 9.17) is 4.74 Å². The van der Waals surface area contributed by atoms with Crippen LogP contribution in [0.4, 0.5) is 4.79 Å². The summed E-state index contributed by atoms with van der Waals surface area (Å²) in [4.78, 5) is 25.2. The Morgan fingerprint density at radius 1 is 0.935 bits per heavy atom. The van der Waals surface area contributed by atoms with Gasteiger partial charge in [-0.25, -0.2) is 9.59 Å². The highest BCUT2D eigenvalue weighted by molar-refractivity contribution is 8.00. The fourth-order valence-corrected chi connectivity index (χ4v) is 4.99. The van der Waals surface area contributed by atoms with Gasteiger partial charge in [-0.15, -0.1) is 11.8 Å². The third-order valence-electron chi connectivity index (χ3n) is 5.42. The third kappa shape index (κ3) is 4.59. The van der Waals surface area contributed by atoms with Crippen LogP contribution >= 0.6 is 11.8 Å². The zero-order valence-electron chi connectivity index (χ0n) is 17.0. The number of carboxylic acids is 1. The second kappa shape index (κ2) is 9.27. The average molecular weight is 434 g/mol. The van der Waals surface area contributed by atoms with E-state index in [0.29, 0.717) is 0 Å². The highest BCUT2D eigenvalue weighted by atomic mass is 32.2. The molecule has 4 rings (SSSR count). The Balaban J connectivity index is 1.42. The molecule has 0 aliphatic heterocycles. The number of carbonyl (C=O) groups is 2. The molecule has 2 N–H and O–H groups in total. The van der Waals surface area contributed by atoms with E-state index in [0.717, 1.165) is 27.1 Å². The van der Waals surface area contributed by atoms with E-state index in [9.17, 15) is 14.7 Å². The number of hydrogen-bond donors (Lipinski definition) is 2. The quantitative estimate of drug-likeness (QED) is 0.504. The fourth-order valence-electron chi connectivity index (χ4n) is 3.93. The van der Waals surface area contributed by atoms with Crippen LogP contribution in [0.5, 0.6) is 0 Å². The summed E-state index contributed by atoms with van der Waals surface area (Å²) in [6.07, 6.45) is -0.727. The van der Waals surface area contributed by atoms with E-state index in [1.165, 1.54) is 11.8 Å². The van der Waals surface area contributed by atoms with E-state index >= 15 is 0 Å². The second-order valence-electron chi connectivity index (χ2n) is 7.42. The number of aliphatic carboxylic acids is 1. The largest absolute Gasteiger partial charge is 0.480 e. The molecule has 0 radical (unpaired) electrons. The summed E-state index contributed by atoms with van der Waals surface area (Å²) in [5.74, 6) is -1.16. The van der Waals surface area contributed by atoms with Gasteiger partial charge in [0.15, 0.2) is 0 Å². The highest BCUT2D eigenvalue weighted by Crippen LogP contribution is 2.44. The number of alkyl carbamates (subject to hydrolysis) is 1. The van der Waals surface area contributed by atoms with Gasteiger partial charge in [-0.1, -0.05) is 73.7 Å². The van der Waals surface area contributed by atoms with Crippen molar-refractivity contribution >= 4 is 23.8 Å². The number of benzene rings is 3. The number of fused-ring (bicyclic) bond motifs is 3. The maximum absolute atomic E-state index is 12.5. The van der Waals surface area contributed by atoms with E-state index in [1.807, 2.05) is 66.7 Å². The molecule has 31 heavy (non-hydrogen) atoms. The Morgan fingerprint density at radius 2 is 1.48 bits per heavy atom. The lowest BCUT2D eigenvalue weighted by Gasteiger charge is -2.21. The molecular weight excluding hydrogens is 410 g/mol. The van der Waals surface area contributed by atoms with Gasteiger partial charge in [-0.3, -0.25) is 0 Å². The van der Waals surface area contributed by atoms with Crippen molar-refractivity contribution in [3.05, 3.63) is 90.0 Å². The Bertz CT molecular complexity index is 1040. The van der Waals surface area contributed by atoms with Crippen LogP contribution in [0, 0.1) is 0 Å². The first-order chi connectivity index (χ1) is 15.0. The average Bonchev–Trinajstić information content (AvgIpc) is 3.10. The maximum Gasteiger partial charge on any atom is 0.407 e. The van der Waals surface area contributed by atoms with Gasteiger partial charge < -0.3 is 15.2 Å². The van der Waals surface area contributed by atoms with Crippen LogP contribution in [0.15, 0.2) is 83.8 Å². The molecule has 1 aliphatic rings. The van der Waals surface area contributed by atoms with Gasteiger partial charge in [0.1, 0.15) is 12.6 Å². The van der Waals surface area contributed by atoms with E-state index < -0.39 is 18.1 Å². The summed E-state index contributed by atoms with van der Waals surface area (Å²) in [6.45, 7) is 1.92. The molecule has 158 valence electrons. The zero-order valence-corrected chi connectivity index (χ0v) is 17.8. The number of nitrogens with one attached hydrogen (secondary N) is 1. The normalized spacial score (nSPS) is 14.2. The molecule has 6 heteroatoms. The standard InChI is InChI=1S/C25H23NO4S/c1-16(31-17-9-3-2-4-10-17)23(24(27)28)26-25(29)30-15-22-20-13-7-5-11-18(20)19-12-6-8-14-21(19)22/h2-14,16,22-23H,15H2,1H3,(H,26,29)(H,27,28)/t16-,23+/m1/s1. The summed E-state index contributed by atoms with van der Waals surface area (Å²) >= 11 is 1.40. The van der Waals surface area contributed by atoms with Gasteiger partial charge in [-0.05, 0) is 34.4 Å². The zero-order chi connectivity index (χ0) is 21.8. The summed E-state index contributed by atoms with van der Waals surface area (Å²) in [5, 5.41) is 11.8. The van der Waals surface area contributed by atoms with Crippen LogP contribution in [0.3, 0.4) is 0 Å². The lowest BCUT2D eigenvalue weighted by atomic mass is 9.98. The predicted molar refractivity (Wildman–Crippen MR) is 121 cm³/mol. The molecule has 0 unspecified atom stereocenters. The molecule has 0 fully saturated rings. The summed E-state index contributed by atoms with van der Waals surface area (Å²) in [5.41, 5.74) is 4.50. The topological polar surface area (TPSA) is 75.6 Å². The summed E-state index contributed by atoms with van der Waals surface area (Å²) < 4.78 is 5.50. The monoisotopic (exact) mass is 433 g/mol. The van der Waals surface area contributed by atoms with Gasteiger partial charge in [-0.2, -0.15) is 0 Å². The molecule has 0 heterocycles. The Hall–Kier alpha value is -3.25. The van der Waals surface area contributed by atoms with Crippen molar-refractivity contribution in [2.24, 2.45) is 0 Å². The van der Waals surface area contributed by atoms with Crippen molar-refractivity contribution in [2.45, 2.75) is 29.0 Å². The molecule has 0 saturated heterocycles. The molecule has 0 spiro atoms. The minimum absolute atomic E-state index is 0.0717. The van der Waals surface area contributed by atoms with Crippen LogP contribution < -0.4 is 5.32 Å². The smallest absolute Gasteiger partial charge is 0.407 e. The molecule has 3 aromatic carbocycles. The van der Waals surface area contributed by atoms with Crippen LogP contribution in [0.2, 0.25) is 0 Å². The Morgan fingerprint density at radius 3 is 2.06 bits per heavy atom. The van der Waals surface area contributed by atoms with Crippen LogP contribution in [0.1, 0.15) is 24.0 Å². The number of ether oxygens (including phenoxy) is 1. The van der Waals surface area contributed by atoms with Crippen molar-refractivity contribution in [2.75, 3.05) is 6.61 Å². The van der Waals surface area contributed by atoms with Crippen molar-refractivity contribution < 1.29 is 19.4 Å². The molecule has 0 saturated carbocycles.